The molecule has 28 heavy (non-hydrogen) atoms. The molecule has 3 aromatic heterocycles. The zero-order chi connectivity index (χ0) is 19.5. The van der Waals surface area contributed by atoms with Gasteiger partial charge < -0.3 is 15.0 Å². The second-order valence-electron chi connectivity index (χ2n) is 6.13. The molecule has 4 rings (SSSR count). The van der Waals surface area contributed by atoms with Gasteiger partial charge in [0.05, 0.1) is 5.69 Å². The highest BCUT2D eigenvalue weighted by Gasteiger charge is 2.13. The third-order valence-electron chi connectivity index (χ3n) is 4.16. The molecule has 0 fully saturated rings. The molecule has 8 heteroatoms. The van der Waals surface area contributed by atoms with E-state index in [1.807, 2.05) is 38.1 Å². The summed E-state index contributed by atoms with van der Waals surface area (Å²) in [6, 6.07) is 8.70. The van der Waals surface area contributed by atoms with Crippen molar-refractivity contribution in [1.82, 2.24) is 25.1 Å². The van der Waals surface area contributed by atoms with Crippen LogP contribution in [0.15, 0.2) is 42.6 Å². The Bertz CT molecular complexity index is 1150. The van der Waals surface area contributed by atoms with E-state index in [0.29, 0.717) is 29.0 Å². The number of aryl methyl sites for hydroxylation is 1. The van der Waals surface area contributed by atoms with Gasteiger partial charge in [-0.25, -0.2) is 4.39 Å². The fourth-order valence-corrected chi connectivity index (χ4v) is 2.81. The van der Waals surface area contributed by atoms with Gasteiger partial charge in [-0.15, -0.1) is 0 Å². The number of H-pyrrole nitrogens is 2. The van der Waals surface area contributed by atoms with Gasteiger partial charge in [-0.2, -0.15) is 15.1 Å². The van der Waals surface area contributed by atoms with E-state index in [-0.39, 0.29) is 11.8 Å². The number of halogens is 1. The van der Waals surface area contributed by atoms with E-state index < -0.39 is 5.82 Å². The van der Waals surface area contributed by atoms with Crippen molar-refractivity contribution in [3.8, 4) is 11.8 Å². The normalized spacial score (nSPS) is 11.4. The maximum absolute atomic E-state index is 14.7. The van der Waals surface area contributed by atoms with Gasteiger partial charge in [0.25, 0.3) is 0 Å². The van der Waals surface area contributed by atoms with Crippen molar-refractivity contribution in [2.75, 3.05) is 5.32 Å². The number of benzene rings is 1. The average molecular weight is 378 g/mol. The van der Waals surface area contributed by atoms with Crippen LogP contribution >= 0.6 is 0 Å². The minimum atomic E-state index is -0.456. The molecule has 0 amide bonds. The van der Waals surface area contributed by atoms with Gasteiger partial charge in [0, 0.05) is 34.9 Å². The second kappa shape index (κ2) is 7.51. The molecule has 3 heterocycles. The molecule has 0 unspecified atom stereocenters. The number of allylic oxidation sites excluding steroid dienone is 1. The molecule has 0 aliphatic heterocycles. The molecule has 0 aliphatic rings. The second-order valence-corrected chi connectivity index (χ2v) is 6.13. The quantitative estimate of drug-likeness (QED) is 0.441. The summed E-state index contributed by atoms with van der Waals surface area (Å²) >= 11 is 0. The van der Waals surface area contributed by atoms with Gasteiger partial charge in [-0.1, -0.05) is 13.0 Å². The maximum atomic E-state index is 14.7. The largest absolute Gasteiger partial charge is 0.421 e. The van der Waals surface area contributed by atoms with Crippen LogP contribution in [0.25, 0.3) is 17.0 Å². The number of aromatic nitrogens is 5. The molecule has 3 N–H and O–H groups in total. The van der Waals surface area contributed by atoms with Crippen molar-refractivity contribution in [1.29, 1.82) is 0 Å². The Hall–Kier alpha value is -3.68. The Balaban J connectivity index is 1.62. The van der Waals surface area contributed by atoms with Crippen molar-refractivity contribution in [3.63, 3.8) is 0 Å². The standard InChI is InChI=1S/C20H19FN6O/c1-3-5-13-11-18(27-26-13)24-17-10-12(4-2)23-20(25-17)28-16-7-6-15-14(19(16)21)8-9-22-15/h3,5-11,22H,4H2,1-2H3,(H2,23,24,25,26,27)/b5-3+. The Morgan fingerprint density at radius 1 is 1.18 bits per heavy atom. The summed E-state index contributed by atoms with van der Waals surface area (Å²) in [5, 5.41) is 10.7. The van der Waals surface area contributed by atoms with Crippen molar-refractivity contribution in [3.05, 3.63) is 59.8 Å². The molecule has 0 bridgehead atoms. The van der Waals surface area contributed by atoms with Crippen molar-refractivity contribution < 1.29 is 9.13 Å². The van der Waals surface area contributed by atoms with E-state index in [0.717, 1.165) is 11.4 Å². The summed E-state index contributed by atoms with van der Waals surface area (Å²) in [7, 11) is 0. The summed E-state index contributed by atoms with van der Waals surface area (Å²) in [6.45, 7) is 3.90. The van der Waals surface area contributed by atoms with Crippen LogP contribution in [-0.2, 0) is 6.42 Å². The number of ether oxygens (including phenoxy) is 1. The molecule has 0 saturated heterocycles. The molecule has 0 spiro atoms. The van der Waals surface area contributed by atoms with E-state index in [2.05, 4.69) is 30.5 Å². The number of fused-ring (bicyclic) bond motifs is 1. The smallest absolute Gasteiger partial charge is 0.324 e. The van der Waals surface area contributed by atoms with Crippen LogP contribution in [-0.4, -0.2) is 25.1 Å². The van der Waals surface area contributed by atoms with E-state index >= 15 is 0 Å². The number of hydrogen-bond donors (Lipinski definition) is 3. The first-order valence-corrected chi connectivity index (χ1v) is 8.92. The fraction of sp³-hybridized carbons (Fsp3) is 0.150. The fourth-order valence-electron chi connectivity index (χ4n) is 2.81. The van der Waals surface area contributed by atoms with Crippen LogP contribution < -0.4 is 10.1 Å². The molecule has 0 saturated carbocycles. The Morgan fingerprint density at radius 3 is 2.89 bits per heavy atom. The van der Waals surface area contributed by atoms with E-state index in [1.54, 1.807) is 24.4 Å². The van der Waals surface area contributed by atoms with Crippen LogP contribution in [0.2, 0.25) is 0 Å². The highest BCUT2D eigenvalue weighted by Crippen LogP contribution is 2.29. The highest BCUT2D eigenvalue weighted by atomic mass is 19.1. The lowest BCUT2D eigenvalue weighted by Gasteiger charge is -2.09. The molecule has 0 atom stereocenters. The van der Waals surface area contributed by atoms with Gasteiger partial charge in [0.2, 0.25) is 0 Å². The van der Waals surface area contributed by atoms with E-state index in [1.165, 1.54) is 0 Å². The van der Waals surface area contributed by atoms with Gasteiger partial charge in [0.1, 0.15) is 5.82 Å². The van der Waals surface area contributed by atoms with Crippen LogP contribution in [0.5, 0.6) is 11.8 Å². The monoisotopic (exact) mass is 378 g/mol. The molecule has 4 aromatic rings. The third kappa shape index (κ3) is 3.57. The molecular weight excluding hydrogens is 359 g/mol. The molecular formula is C20H19FN6O. The first-order valence-electron chi connectivity index (χ1n) is 8.92. The minimum absolute atomic E-state index is 0.0693. The Kier molecular flexibility index (Phi) is 4.76. The summed E-state index contributed by atoms with van der Waals surface area (Å²) < 4.78 is 20.3. The topological polar surface area (TPSA) is 91.5 Å². The Morgan fingerprint density at radius 2 is 2.07 bits per heavy atom. The van der Waals surface area contributed by atoms with Gasteiger partial charge in [0.15, 0.2) is 17.4 Å². The lowest BCUT2D eigenvalue weighted by atomic mass is 10.2. The van der Waals surface area contributed by atoms with Gasteiger partial charge >= 0.3 is 6.01 Å². The number of aromatic amines is 2. The minimum Gasteiger partial charge on any atom is -0.421 e. The van der Waals surface area contributed by atoms with Crippen LogP contribution in [0.3, 0.4) is 0 Å². The lowest BCUT2D eigenvalue weighted by molar-refractivity contribution is 0.413. The van der Waals surface area contributed by atoms with Crippen LogP contribution in [0.4, 0.5) is 16.0 Å². The average Bonchev–Trinajstić information content (AvgIpc) is 3.34. The predicted molar refractivity (Wildman–Crippen MR) is 106 cm³/mol. The number of nitrogens with zero attached hydrogens (tertiary/aromatic N) is 3. The molecule has 0 radical (unpaired) electrons. The van der Waals surface area contributed by atoms with E-state index in [4.69, 9.17) is 4.74 Å². The number of anilines is 2. The lowest BCUT2D eigenvalue weighted by Crippen LogP contribution is -2.02. The van der Waals surface area contributed by atoms with E-state index in [9.17, 15) is 4.39 Å². The molecule has 142 valence electrons. The molecule has 1 aromatic carbocycles. The number of rotatable bonds is 6. The number of nitrogens with one attached hydrogen (secondary N) is 3. The van der Waals surface area contributed by atoms with Crippen LogP contribution in [0, 0.1) is 5.82 Å². The highest BCUT2D eigenvalue weighted by molar-refractivity contribution is 5.81. The molecule has 7 nitrogen and oxygen atoms in total. The van der Waals surface area contributed by atoms with Crippen molar-refractivity contribution in [2.24, 2.45) is 0 Å². The first-order chi connectivity index (χ1) is 13.7. The zero-order valence-electron chi connectivity index (χ0n) is 15.5. The summed E-state index contributed by atoms with van der Waals surface area (Å²) in [5.41, 5.74) is 2.33. The SMILES string of the molecule is C/C=C/c1cc(Nc2cc(CC)nc(Oc3ccc4[nH]ccc4c3F)n2)n[nH]1. The first kappa shape index (κ1) is 17.7. The molecule has 0 aliphatic carbocycles. The van der Waals surface area contributed by atoms with Crippen molar-refractivity contribution in [2.45, 2.75) is 20.3 Å². The predicted octanol–water partition coefficient (Wildman–Crippen LogP) is 4.95. The number of hydrogen-bond acceptors (Lipinski definition) is 5. The zero-order valence-corrected chi connectivity index (χ0v) is 15.5. The summed E-state index contributed by atoms with van der Waals surface area (Å²) in [5.74, 6) is 0.742. The maximum Gasteiger partial charge on any atom is 0.324 e. The van der Waals surface area contributed by atoms with Crippen molar-refractivity contribution >= 4 is 28.6 Å². The summed E-state index contributed by atoms with van der Waals surface area (Å²) in [4.78, 5) is 11.7. The Labute approximate surface area is 160 Å². The summed E-state index contributed by atoms with van der Waals surface area (Å²) in [6.07, 6.45) is 6.18. The third-order valence-corrected chi connectivity index (χ3v) is 4.16. The van der Waals surface area contributed by atoms with Crippen LogP contribution in [0.1, 0.15) is 25.2 Å². The van der Waals surface area contributed by atoms with Gasteiger partial charge in [-0.05, 0) is 37.6 Å². The van der Waals surface area contributed by atoms with Gasteiger partial charge in [-0.3, -0.25) is 5.10 Å².